The van der Waals surface area contributed by atoms with Crippen molar-refractivity contribution in [3.63, 3.8) is 0 Å². The molecular formula is C11H24N2OS. The van der Waals surface area contributed by atoms with Crippen molar-refractivity contribution in [3.05, 3.63) is 0 Å². The van der Waals surface area contributed by atoms with Gasteiger partial charge in [0.15, 0.2) is 0 Å². The maximum atomic E-state index is 5.32. The molecule has 1 fully saturated rings. The molecule has 1 aliphatic rings. The van der Waals surface area contributed by atoms with Crippen molar-refractivity contribution in [2.45, 2.75) is 19.4 Å². The second-order valence-electron chi connectivity index (χ2n) is 3.97. The van der Waals surface area contributed by atoms with Crippen molar-refractivity contribution in [1.29, 1.82) is 0 Å². The minimum atomic E-state index is 0.682. The number of hydrogen-bond acceptors (Lipinski definition) is 4. The van der Waals surface area contributed by atoms with Crippen LogP contribution >= 0.6 is 11.8 Å². The predicted molar refractivity (Wildman–Crippen MR) is 67.7 cm³/mol. The van der Waals surface area contributed by atoms with Crippen LogP contribution in [0.25, 0.3) is 0 Å². The first-order valence-corrected chi connectivity index (χ1v) is 7.28. The average Bonchev–Trinajstić information content (AvgIpc) is 2.29. The molecule has 3 nitrogen and oxygen atoms in total. The lowest BCUT2D eigenvalue weighted by Gasteiger charge is -2.27. The first-order valence-electron chi connectivity index (χ1n) is 5.89. The molecule has 1 unspecified atom stereocenters. The lowest BCUT2D eigenvalue weighted by atomic mass is 10.2. The van der Waals surface area contributed by atoms with Crippen LogP contribution in [0.2, 0.25) is 0 Å². The molecule has 1 aliphatic heterocycles. The van der Waals surface area contributed by atoms with Gasteiger partial charge in [0.2, 0.25) is 0 Å². The van der Waals surface area contributed by atoms with Crippen LogP contribution in [0.15, 0.2) is 0 Å². The van der Waals surface area contributed by atoms with Crippen LogP contribution in [0.3, 0.4) is 0 Å². The topological polar surface area (TPSA) is 24.5 Å². The van der Waals surface area contributed by atoms with E-state index in [4.69, 9.17) is 4.74 Å². The van der Waals surface area contributed by atoms with Gasteiger partial charge in [-0.1, -0.05) is 6.92 Å². The normalized spacial score (nSPS) is 20.4. The molecule has 0 aliphatic carbocycles. The maximum Gasteiger partial charge on any atom is 0.0594 e. The van der Waals surface area contributed by atoms with Crippen molar-refractivity contribution in [1.82, 2.24) is 10.2 Å². The zero-order valence-electron chi connectivity index (χ0n) is 10.00. The molecule has 1 heterocycles. The summed E-state index contributed by atoms with van der Waals surface area (Å²) in [7, 11) is 0. The van der Waals surface area contributed by atoms with Gasteiger partial charge in [-0.2, -0.15) is 11.8 Å². The summed E-state index contributed by atoms with van der Waals surface area (Å²) in [5.41, 5.74) is 0. The Morgan fingerprint density at radius 1 is 1.40 bits per heavy atom. The van der Waals surface area contributed by atoms with Gasteiger partial charge in [0, 0.05) is 38.0 Å². The molecule has 0 saturated carbocycles. The van der Waals surface area contributed by atoms with Crippen molar-refractivity contribution < 1.29 is 4.74 Å². The zero-order valence-corrected chi connectivity index (χ0v) is 10.8. The highest BCUT2D eigenvalue weighted by molar-refractivity contribution is 7.98. The van der Waals surface area contributed by atoms with Crippen LogP contribution in [0.4, 0.5) is 0 Å². The molecule has 1 rings (SSSR count). The van der Waals surface area contributed by atoms with E-state index in [9.17, 15) is 0 Å². The van der Waals surface area contributed by atoms with Crippen molar-refractivity contribution in [2.24, 2.45) is 0 Å². The Labute approximate surface area is 97.9 Å². The van der Waals surface area contributed by atoms with Gasteiger partial charge >= 0.3 is 0 Å². The summed E-state index contributed by atoms with van der Waals surface area (Å²) in [6.07, 6.45) is 3.40. The second kappa shape index (κ2) is 8.39. The first-order chi connectivity index (χ1) is 7.36. The number of hydrogen-bond donors (Lipinski definition) is 1. The summed E-state index contributed by atoms with van der Waals surface area (Å²) in [6.45, 7) is 8.53. The molecule has 1 atom stereocenters. The molecular weight excluding hydrogens is 208 g/mol. The third kappa shape index (κ3) is 5.76. The summed E-state index contributed by atoms with van der Waals surface area (Å²) in [4.78, 5) is 2.47. The standard InChI is InChI=1S/C11H24N2OS/c1-3-11(10-15-2)12-4-5-13-6-8-14-9-7-13/h11-12H,3-10H2,1-2H3. The van der Waals surface area contributed by atoms with Gasteiger partial charge in [0.25, 0.3) is 0 Å². The van der Waals surface area contributed by atoms with Crippen molar-refractivity contribution in [2.75, 3.05) is 51.4 Å². The van der Waals surface area contributed by atoms with Crippen LogP contribution in [0.5, 0.6) is 0 Å². The van der Waals surface area contributed by atoms with E-state index >= 15 is 0 Å². The van der Waals surface area contributed by atoms with Crippen LogP contribution in [0, 0.1) is 0 Å². The molecule has 90 valence electrons. The minimum absolute atomic E-state index is 0.682. The van der Waals surface area contributed by atoms with E-state index in [1.807, 2.05) is 11.8 Å². The van der Waals surface area contributed by atoms with Crippen LogP contribution in [-0.2, 0) is 4.74 Å². The van der Waals surface area contributed by atoms with E-state index in [1.165, 1.54) is 12.2 Å². The highest BCUT2D eigenvalue weighted by Gasteiger charge is 2.10. The highest BCUT2D eigenvalue weighted by Crippen LogP contribution is 2.01. The molecule has 0 aromatic rings. The Kier molecular flexibility index (Phi) is 7.44. The molecule has 0 aromatic carbocycles. The van der Waals surface area contributed by atoms with E-state index in [0.717, 1.165) is 39.4 Å². The zero-order chi connectivity index (χ0) is 10.9. The molecule has 15 heavy (non-hydrogen) atoms. The summed E-state index contributed by atoms with van der Waals surface area (Å²) in [5.74, 6) is 1.22. The molecule has 4 heteroatoms. The quantitative estimate of drug-likeness (QED) is 0.709. The van der Waals surface area contributed by atoms with Crippen LogP contribution < -0.4 is 5.32 Å². The number of nitrogens with one attached hydrogen (secondary N) is 1. The van der Waals surface area contributed by atoms with Gasteiger partial charge in [0.1, 0.15) is 0 Å². The summed E-state index contributed by atoms with van der Waals surface area (Å²) >= 11 is 1.92. The smallest absolute Gasteiger partial charge is 0.0594 e. The second-order valence-corrected chi connectivity index (χ2v) is 4.88. The lowest BCUT2D eigenvalue weighted by molar-refractivity contribution is 0.0382. The summed E-state index contributed by atoms with van der Waals surface area (Å²) in [5, 5.41) is 3.61. The molecule has 0 bridgehead atoms. The molecule has 0 amide bonds. The minimum Gasteiger partial charge on any atom is -0.379 e. The van der Waals surface area contributed by atoms with Crippen LogP contribution in [-0.4, -0.2) is 62.3 Å². The van der Waals surface area contributed by atoms with Crippen molar-refractivity contribution in [3.8, 4) is 0 Å². The first kappa shape index (κ1) is 13.3. The molecule has 0 aromatic heterocycles. The van der Waals surface area contributed by atoms with E-state index < -0.39 is 0 Å². The fourth-order valence-corrected chi connectivity index (χ4v) is 2.53. The van der Waals surface area contributed by atoms with Gasteiger partial charge in [0.05, 0.1) is 13.2 Å². The summed E-state index contributed by atoms with van der Waals surface area (Å²) in [6, 6.07) is 0.682. The largest absolute Gasteiger partial charge is 0.379 e. The van der Waals surface area contributed by atoms with Gasteiger partial charge in [-0.3, -0.25) is 4.90 Å². The molecule has 0 spiro atoms. The highest BCUT2D eigenvalue weighted by atomic mass is 32.2. The average molecular weight is 232 g/mol. The Balaban J connectivity index is 2.03. The van der Waals surface area contributed by atoms with E-state index in [2.05, 4.69) is 23.4 Å². The van der Waals surface area contributed by atoms with Crippen LogP contribution in [0.1, 0.15) is 13.3 Å². The fraction of sp³-hybridized carbons (Fsp3) is 1.00. The SMILES string of the molecule is CCC(CSC)NCCN1CCOCC1. The fourth-order valence-electron chi connectivity index (χ4n) is 1.77. The van der Waals surface area contributed by atoms with E-state index in [0.29, 0.717) is 6.04 Å². The maximum absolute atomic E-state index is 5.32. The van der Waals surface area contributed by atoms with Gasteiger partial charge < -0.3 is 10.1 Å². The Morgan fingerprint density at radius 2 is 2.13 bits per heavy atom. The number of thioether (sulfide) groups is 1. The Bertz CT molecular complexity index is 147. The number of nitrogens with zero attached hydrogens (tertiary/aromatic N) is 1. The number of rotatable bonds is 7. The number of morpholine rings is 1. The van der Waals surface area contributed by atoms with Gasteiger partial charge in [-0.15, -0.1) is 0 Å². The Morgan fingerprint density at radius 3 is 2.73 bits per heavy atom. The van der Waals surface area contributed by atoms with Gasteiger partial charge in [-0.05, 0) is 12.7 Å². The Hall–Kier alpha value is 0.230. The van der Waals surface area contributed by atoms with Crippen molar-refractivity contribution >= 4 is 11.8 Å². The molecule has 0 radical (unpaired) electrons. The van der Waals surface area contributed by atoms with Gasteiger partial charge in [-0.25, -0.2) is 0 Å². The predicted octanol–water partition coefficient (Wildman–Crippen LogP) is 1.05. The van der Waals surface area contributed by atoms with E-state index in [-0.39, 0.29) is 0 Å². The third-order valence-electron chi connectivity index (χ3n) is 2.83. The molecule has 1 saturated heterocycles. The summed E-state index contributed by atoms with van der Waals surface area (Å²) < 4.78 is 5.32. The monoisotopic (exact) mass is 232 g/mol. The lowest BCUT2D eigenvalue weighted by Crippen LogP contribution is -2.42. The van der Waals surface area contributed by atoms with E-state index in [1.54, 1.807) is 0 Å². The third-order valence-corrected chi connectivity index (χ3v) is 3.56. The number of ether oxygens (including phenoxy) is 1. The molecule has 1 N–H and O–H groups in total.